The van der Waals surface area contributed by atoms with Crippen LogP contribution in [-0.2, 0) is 6.54 Å². The Bertz CT molecular complexity index is 1020. The zero-order chi connectivity index (χ0) is 20.8. The molecule has 2 N–H and O–H groups in total. The van der Waals surface area contributed by atoms with Gasteiger partial charge in [-0.25, -0.2) is 4.39 Å². The minimum atomic E-state index is -0.537. The molecule has 0 atom stereocenters. The molecule has 0 aliphatic carbocycles. The number of aromatic nitrogens is 2. The summed E-state index contributed by atoms with van der Waals surface area (Å²) in [5, 5.41) is 12.8. The van der Waals surface area contributed by atoms with E-state index >= 15 is 0 Å². The lowest BCUT2D eigenvalue weighted by Gasteiger charge is -2.10. The molecule has 1 aromatic heterocycles. The fourth-order valence-corrected chi connectivity index (χ4v) is 3.03. The minimum absolute atomic E-state index is 0.0153. The Balaban J connectivity index is 1.62. The molecule has 2 amide bonds. The average molecular weight is 416 g/mol. The lowest BCUT2D eigenvalue weighted by Crippen LogP contribution is -2.23. The SMILES string of the molecule is COc1ccc(CNC(=O)c2nnc(C(=O)Nc3ccc(F)cc3)s2)c(OC)c1. The number of halogens is 1. The predicted octanol–water partition coefficient (Wildman–Crippen LogP) is 2.88. The van der Waals surface area contributed by atoms with E-state index in [1.54, 1.807) is 25.3 Å². The molecular weight excluding hydrogens is 399 g/mol. The van der Waals surface area contributed by atoms with Crippen molar-refractivity contribution in [2.45, 2.75) is 6.54 Å². The molecule has 2 aromatic carbocycles. The molecule has 0 fully saturated rings. The van der Waals surface area contributed by atoms with E-state index in [1.807, 2.05) is 0 Å². The molecule has 0 radical (unpaired) electrons. The quantitative estimate of drug-likeness (QED) is 0.614. The highest BCUT2D eigenvalue weighted by molar-refractivity contribution is 7.15. The van der Waals surface area contributed by atoms with Crippen molar-refractivity contribution >= 4 is 28.8 Å². The van der Waals surface area contributed by atoms with E-state index in [0.717, 1.165) is 16.9 Å². The summed E-state index contributed by atoms with van der Waals surface area (Å²) < 4.78 is 23.4. The van der Waals surface area contributed by atoms with Crippen LogP contribution in [0.4, 0.5) is 10.1 Å². The topological polar surface area (TPSA) is 102 Å². The van der Waals surface area contributed by atoms with E-state index in [1.165, 1.54) is 31.4 Å². The molecule has 1 heterocycles. The maximum Gasteiger partial charge on any atom is 0.286 e. The summed E-state index contributed by atoms with van der Waals surface area (Å²) in [4.78, 5) is 24.5. The molecule has 0 aliphatic rings. The zero-order valence-corrected chi connectivity index (χ0v) is 16.4. The Kier molecular flexibility index (Phi) is 6.35. The molecule has 0 aliphatic heterocycles. The van der Waals surface area contributed by atoms with E-state index in [4.69, 9.17) is 9.47 Å². The van der Waals surface area contributed by atoms with Crippen molar-refractivity contribution in [3.63, 3.8) is 0 Å². The first-order valence-electron chi connectivity index (χ1n) is 8.39. The highest BCUT2D eigenvalue weighted by Gasteiger charge is 2.18. The highest BCUT2D eigenvalue weighted by atomic mass is 32.1. The van der Waals surface area contributed by atoms with E-state index in [0.29, 0.717) is 17.2 Å². The van der Waals surface area contributed by atoms with Crippen LogP contribution >= 0.6 is 11.3 Å². The van der Waals surface area contributed by atoms with Gasteiger partial charge in [0.1, 0.15) is 17.3 Å². The average Bonchev–Trinajstić information content (AvgIpc) is 3.24. The highest BCUT2D eigenvalue weighted by Crippen LogP contribution is 2.24. The monoisotopic (exact) mass is 416 g/mol. The molecule has 150 valence electrons. The van der Waals surface area contributed by atoms with Crippen molar-refractivity contribution < 1.29 is 23.5 Å². The molecule has 10 heteroatoms. The van der Waals surface area contributed by atoms with Gasteiger partial charge in [0, 0.05) is 23.9 Å². The van der Waals surface area contributed by atoms with Crippen LogP contribution in [0.25, 0.3) is 0 Å². The van der Waals surface area contributed by atoms with Crippen molar-refractivity contribution in [2.75, 3.05) is 19.5 Å². The number of anilines is 1. The molecule has 8 nitrogen and oxygen atoms in total. The van der Waals surface area contributed by atoms with Crippen molar-refractivity contribution in [2.24, 2.45) is 0 Å². The summed E-state index contributed by atoms with van der Waals surface area (Å²) in [6.45, 7) is 0.197. The Morgan fingerprint density at radius 2 is 1.69 bits per heavy atom. The number of carbonyl (C=O) groups is 2. The molecule has 29 heavy (non-hydrogen) atoms. The fourth-order valence-electron chi connectivity index (χ4n) is 2.37. The van der Waals surface area contributed by atoms with Crippen LogP contribution in [0.1, 0.15) is 25.2 Å². The van der Waals surface area contributed by atoms with Gasteiger partial charge in [-0.3, -0.25) is 9.59 Å². The van der Waals surface area contributed by atoms with Crippen molar-refractivity contribution in [1.29, 1.82) is 0 Å². The van der Waals surface area contributed by atoms with E-state index in [-0.39, 0.29) is 16.6 Å². The van der Waals surface area contributed by atoms with Gasteiger partial charge >= 0.3 is 0 Å². The van der Waals surface area contributed by atoms with E-state index < -0.39 is 17.6 Å². The normalized spacial score (nSPS) is 10.3. The molecule has 3 rings (SSSR count). The number of amides is 2. The summed E-state index contributed by atoms with van der Waals surface area (Å²) in [6.07, 6.45) is 0. The number of hydrogen-bond donors (Lipinski definition) is 2. The van der Waals surface area contributed by atoms with Gasteiger partial charge in [-0.1, -0.05) is 11.3 Å². The number of rotatable bonds is 7. The predicted molar refractivity (Wildman–Crippen MR) is 105 cm³/mol. The summed E-state index contributed by atoms with van der Waals surface area (Å²) in [7, 11) is 3.08. The van der Waals surface area contributed by atoms with Gasteiger partial charge in [-0.15, -0.1) is 10.2 Å². The first kappa shape index (κ1) is 20.2. The lowest BCUT2D eigenvalue weighted by atomic mass is 10.2. The number of nitrogens with one attached hydrogen (secondary N) is 2. The second-order valence-electron chi connectivity index (χ2n) is 5.73. The molecular formula is C19H17FN4O4S. The summed E-state index contributed by atoms with van der Waals surface area (Å²) in [6, 6.07) is 10.5. The second-order valence-corrected chi connectivity index (χ2v) is 6.71. The van der Waals surface area contributed by atoms with Crippen LogP contribution in [0.2, 0.25) is 0 Å². The number of benzene rings is 2. The summed E-state index contributed by atoms with van der Waals surface area (Å²) >= 11 is 0.851. The molecule has 0 saturated heterocycles. The molecule has 0 bridgehead atoms. The van der Waals surface area contributed by atoms with Gasteiger partial charge in [-0.05, 0) is 36.4 Å². The van der Waals surface area contributed by atoms with Gasteiger partial charge < -0.3 is 20.1 Å². The van der Waals surface area contributed by atoms with Gasteiger partial charge in [0.2, 0.25) is 10.0 Å². The van der Waals surface area contributed by atoms with Crippen molar-refractivity contribution in [1.82, 2.24) is 15.5 Å². The third kappa shape index (κ3) is 5.05. The maximum absolute atomic E-state index is 12.9. The van der Waals surface area contributed by atoms with E-state index in [2.05, 4.69) is 20.8 Å². The maximum atomic E-state index is 12.9. The number of carbonyl (C=O) groups excluding carboxylic acids is 2. The largest absolute Gasteiger partial charge is 0.497 e. The van der Waals surface area contributed by atoms with Gasteiger partial charge in [0.15, 0.2) is 0 Å². The number of methoxy groups -OCH3 is 2. The third-order valence-electron chi connectivity index (χ3n) is 3.85. The summed E-state index contributed by atoms with van der Waals surface area (Å²) in [5.41, 5.74) is 1.16. The van der Waals surface area contributed by atoms with Gasteiger partial charge in [0.05, 0.1) is 14.2 Å². The van der Waals surface area contributed by atoms with Crippen LogP contribution in [0, 0.1) is 5.82 Å². The lowest BCUT2D eigenvalue weighted by molar-refractivity contribution is 0.0948. The minimum Gasteiger partial charge on any atom is -0.497 e. The second kappa shape index (κ2) is 9.11. The molecule has 3 aromatic rings. The molecule has 0 unspecified atom stereocenters. The Labute approximate surface area is 169 Å². The van der Waals surface area contributed by atoms with Crippen LogP contribution in [-0.4, -0.2) is 36.2 Å². The Morgan fingerprint density at radius 1 is 1.00 bits per heavy atom. The first-order valence-corrected chi connectivity index (χ1v) is 9.21. The summed E-state index contributed by atoms with van der Waals surface area (Å²) in [5.74, 6) is -0.211. The Hall–Kier alpha value is -3.53. The standard InChI is InChI=1S/C19H17FN4O4S/c1-27-14-8-3-11(15(9-14)28-2)10-21-16(25)18-23-24-19(29-18)17(26)22-13-6-4-12(20)5-7-13/h3-9H,10H2,1-2H3,(H,21,25)(H,22,26). The zero-order valence-electron chi connectivity index (χ0n) is 15.6. The van der Waals surface area contributed by atoms with Crippen LogP contribution in [0.3, 0.4) is 0 Å². The van der Waals surface area contributed by atoms with Gasteiger partial charge in [0.25, 0.3) is 11.8 Å². The smallest absolute Gasteiger partial charge is 0.286 e. The van der Waals surface area contributed by atoms with Crippen molar-refractivity contribution in [3.05, 3.63) is 63.9 Å². The third-order valence-corrected chi connectivity index (χ3v) is 4.77. The van der Waals surface area contributed by atoms with E-state index in [9.17, 15) is 14.0 Å². The fraction of sp³-hybridized carbons (Fsp3) is 0.158. The van der Waals surface area contributed by atoms with Crippen LogP contribution < -0.4 is 20.1 Å². The number of ether oxygens (including phenoxy) is 2. The Morgan fingerprint density at radius 3 is 2.34 bits per heavy atom. The van der Waals surface area contributed by atoms with Crippen molar-refractivity contribution in [3.8, 4) is 11.5 Å². The molecule has 0 spiro atoms. The number of nitrogens with zero attached hydrogens (tertiary/aromatic N) is 2. The van der Waals surface area contributed by atoms with Crippen LogP contribution in [0.15, 0.2) is 42.5 Å². The van der Waals surface area contributed by atoms with Gasteiger partial charge in [-0.2, -0.15) is 0 Å². The number of hydrogen-bond acceptors (Lipinski definition) is 7. The first-order chi connectivity index (χ1) is 14.0. The van der Waals surface area contributed by atoms with Crippen LogP contribution in [0.5, 0.6) is 11.5 Å². The molecule has 0 saturated carbocycles.